The van der Waals surface area contributed by atoms with Crippen LogP contribution in [0.2, 0.25) is 0 Å². The predicted octanol–water partition coefficient (Wildman–Crippen LogP) is 8.99. The molecular formula is C35H13BClF20NS. The minimum atomic E-state index is -7.22. The molecule has 5 aromatic rings. The highest BCUT2D eigenvalue weighted by atomic mass is 35.5. The van der Waals surface area contributed by atoms with Gasteiger partial charge in [0.15, 0.2) is 69.8 Å². The third-order valence-electron chi connectivity index (χ3n) is 8.37. The van der Waals surface area contributed by atoms with E-state index in [1.54, 1.807) is 11.8 Å². The van der Waals surface area contributed by atoms with Crippen LogP contribution in [0.1, 0.15) is 5.56 Å². The Balaban J connectivity index is 0.000000464. The average molecular weight is 906 g/mol. The summed E-state index contributed by atoms with van der Waals surface area (Å²) in [4.78, 5) is 0. The lowest BCUT2D eigenvalue weighted by Crippen LogP contribution is -2.81. The summed E-state index contributed by atoms with van der Waals surface area (Å²) in [5.74, 6) is -71.4. The Morgan fingerprint density at radius 1 is 0.407 bits per heavy atom. The molecule has 0 aliphatic carbocycles. The Kier molecular flexibility index (Phi) is 13.9. The quantitative estimate of drug-likeness (QED) is 0.0313. The second-order valence-electron chi connectivity index (χ2n) is 11.7. The monoisotopic (exact) mass is 905 g/mol. The van der Waals surface area contributed by atoms with E-state index in [0.29, 0.717) is 0 Å². The molecule has 0 aliphatic rings. The van der Waals surface area contributed by atoms with Gasteiger partial charge < -0.3 is 0 Å². The second-order valence-corrected chi connectivity index (χ2v) is 12.9. The maximum absolute atomic E-state index is 15.4. The van der Waals surface area contributed by atoms with Crippen molar-refractivity contribution in [2.45, 2.75) is 0 Å². The third kappa shape index (κ3) is 7.50. The molecule has 1 nitrogen and oxygen atoms in total. The molecular weight excluding hydrogens is 893 g/mol. The minimum absolute atomic E-state index is 1.18. The van der Waals surface area contributed by atoms with Gasteiger partial charge in [0.1, 0.15) is 66.8 Å². The zero-order chi connectivity index (χ0) is 44.7. The van der Waals surface area contributed by atoms with Gasteiger partial charge in [-0.2, -0.15) is 0 Å². The fraction of sp³-hybridized carbons (Fsp3) is 0.0571. The number of hydrogen-bond acceptors (Lipinski definition) is 1. The molecule has 59 heavy (non-hydrogen) atoms. The lowest BCUT2D eigenvalue weighted by Gasteiger charge is -2.44. The van der Waals surface area contributed by atoms with Gasteiger partial charge in [0.2, 0.25) is 5.04 Å². The highest BCUT2D eigenvalue weighted by molar-refractivity contribution is 8.16. The average Bonchev–Trinajstić information content (AvgIpc) is 3.21. The van der Waals surface area contributed by atoms with Gasteiger partial charge in [-0.05, 0) is 29.3 Å². The predicted molar refractivity (Wildman–Crippen MR) is 174 cm³/mol. The van der Waals surface area contributed by atoms with Crippen molar-refractivity contribution in [3.63, 3.8) is 0 Å². The molecule has 24 heteroatoms. The first-order valence-electron chi connectivity index (χ1n) is 15.2. The van der Waals surface area contributed by atoms with Crippen LogP contribution >= 0.6 is 23.4 Å². The van der Waals surface area contributed by atoms with E-state index in [9.17, 15) is 52.7 Å². The van der Waals surface area contributed by atoms with E-state index in [-0.39, 0.29) is 0 Å². The Hall–Kier alpha value is -5.19. The molecule has 0 unspecified atom stereocenters. The Morgan fingerprint density at radius 2 is 0.627 bits per heavy atom. The molecule has 0 atom stereocenters. The van der Waals surface area contributed by atoms with Gasteiger partial charge >= 0.3 is 0 Å². The fourth-order valence-electron chi connectivity index (χ4n) is 5.98. The molecule has 0 aliphatic heterocycles. The summed E-state index contributed by atoms with van der Waals surface area (Å²) in [6.45, 7) is 0. The maximum atomic E-state index is 15.4. The van der Waals surface area contributed by atoms with Crippen LogP contribution in [0.4, 0.5) is 87.8 Å². The van der Waals surface area contributed by atoms with Crippen LogP contribution in [-0.4, -0.2) is 29.9 Å². The van der Waals surface area contributed by atoms with E-state index in [4.69, 9.17) is 11.6 Å². The van der Waals surface area contributed by atoms with Crippen LogP contribution in [0.25, 0.3) is 0 Å². The Labute approximate surface area is 325 Å². The first kappa shape index (κ1) is 46.5. The number of thioether (sulfide) groups is 1. The summed E-state index contributed by atoms with van der Waals surface area (Å²) in [5.41, 5.74) is -11.6. The molecule has 0 N–H and O–H groups in total. The molecule has 0 fully saturated rings. The van der Waals surface area contributed by atoms with Crippen LogP contribution < -0.4 is 21.9 Å². The maximum Gasteiger partial charge on any atom is 0.245 e. The largest absolute Gasteiger partial charge is 0.245 e. The van der Waals surface area contributed by atoms with Gasteiger partial charge in [0, 0.05) is 5.54 Å². The fourth-order valence-corrected chi connectivity index (χ4v) is 6.79. The van der Waals surface area contributed by atoms with E-state index in [1.165, 1.54) is 16.1 Å². The van der Waals surface area contributed by atoms with E-state index in [2.05, 4.69) is 16.7 Å². The van der Waals surface area contributed by atoms with Crippen LogP contribution in [0.15, 0.2) is 41.3 Å². The van der Waals surface area contributed by atoms with E-state index in [1.807, 2.05) is 37.7 Å². The van der Waals surface area contributed by atoms with Gasteiger partial charge in [-0.15, -0.1) is 21.9 Å². The molecule has 0 bridgehead atoms. The third-order valence-corrected chi connectivity index (χ3v) is 9.74. The summed E-state index contributed by atoms with van der Waals surface area (Å²) in [6, 6.07) is 10.3. The van der Waals surface area contributed by atoms with Crippen molar-refractivity contribution in [1.29, 1.82) is 0 Å². The summed E-state index contributed by atoms with van der Waals surface area (Å²) >= 11 is 7.12. The van der Waals surface area contributed by atoms with Crippen LogP contribution in [0, 0.1) is 116 Å². The zero-order valence-corrected chi connectivity index (χ0v) is 30.0. The van der Waals surface area contributed by atoms with Crippen molar-refractivity contribution < 1.29 is 92.4 Å². The topological polar surface area (TPSA) is 3.01 Å². The Bertz CT molecular complexity index is 2180. The smallest absolute Gasteiger partial charge is 0.229 e. The Morgan fingerprint density at radius 3 is 0.831 bits per heavy atom. The number of benzene rings is 5. The van der Waals surface area contributed by atoms with Crippen molar-refractivity contribution in [2.75, 3.05) is 14.1 Å². The lowest BCUT2D eigenvalue weighted by molar-refractivity contribution is -0.460. The molecule has 0 saturated carbocycles. The highest BCUT2D eigenvalue weighted by Crippen LogP contribution is 2.30. The van der Waals surface area contributed by atoms with Crippen molar-refractivity contribution >= 4 is 56.4 Å². The number of hydrogen-bond donors (Lipinski definition) is 0. The second kappa shape index (κ2) is 17.6. The van der Waals surface area contributed by atoms with E-state index in [0.717, 1.165) is 0 Å². The molecule has 0 aromatic heterocycles. The van der Waals surface area contributed by atoms with Gasteiger partial charge in [0.25, 0.3) is 0 Å². The minimum Gasteiger partial charge on any atom is -0.229 e. The summed E-state index contributed by atoms with van der Waals surface area (Å²) in [6.07, 6.45) is -7.22. The van der Waals surface area contributed by atoms with Crippen molar-refractivity contribution in [2.24, 2.45) is 0 Å². The molecule has 5 aromatic carbocycles. The van der Waals surface area contributed by atoms with Crippen LogP contribution in [0.5, 0.6) is 0 Å². The van der Waals surface area contributed by atoms with Gasteiger partial charge in [-0.3, -0.25) is 0 Å². The number of rotatable bonds is 6. The first-order chi connectivity index (χ1) is 27.5. The molecule has 314 valence electrons. The van der Waals surface area contributed by atoms with Crippen molar-refractivity contribution in [1.82, 2.24) is 0 Å². The van der Waals surface area contributed by atoms with Gasteiger partial charge in [0.05, 0.1) is 5.56 Å². The number of nitrogens with zero attached hydrogens (tertiary/aromatic N) is 1. The molecule has 0 spiro atoms. The van der Waals surface area contributed by atoms with Gasteiger partial charge in [-0.1, -0.05) is 29.8 Å². The molecule has 0 radical (unpaired) electrons. The first-order valence-corrected chi connectivity index (χ1v) is 16.5. The summed E-state index contributed by atoms with van der Waals surface area (Å²) in [7, 11) is 4.05. The van der Waals surface area contributed by atoms with Crippen LogP contribution in [-0.2, 0) is 0 Å². The van der Waals surface area contributed by atoms with Crippen molar-refractivity contribution in [3.8, 4) is 0 Å². The summed E-state index contributed by atoms with van der Waals surface area (Å²) < 4.78 is 296. The molecule has 0 saturated heterocycles. The van der Waals surface area contributed by atoms with Crippen LogP contribution in [0.3, 0.4) is 0 Å². The van der Waals surface area contributed by atoms with E-state index >= 15 is 35.1 Å². The van der Waals surface area contributed by atoms with Gasteiger partial charge in [-0.25, -0.2) is 92.4 Å². The van der Waals surface area contributed by atoms with E-state index < -0.39 is 144 Å². The summed E-state index contributed by atoms with van der Waals surface area (Å²) in [5, 5.41) is 3.05. The highest BCUT2D eigenvalue weighted by Gasteiger charge is 2.52. The SMILES string of the molecule is C[N+](C)=C(S/C=C\Cl)c1ccccc1.Fc1c(F)c(F)c([B-](c2c(F)c(F)c(F)c(F)c2F)(c2c(F)c(F)c(F)c(F)c2F)c2c(F)c(F)c(F)c(F)c2F)c(F)c1F. The normalized spacial score (nSPS) is 11.6. The molecule has 0 amide bonds. The number of halogens is 21. The zero-order valence-electron chi connectivity index (χ0n) is 28.4. The standard InChI is InChI=1S/C24BF20.C11H13ClNS/c26-5-1(6(27)14(35)21(42)13(5)34)25(2-7(28)15(36)22(43)16(37)8(2)29,3-9(30)17(38)23(44)18(39)10(3)31)4-11(32)19(40)24(45)20(41)12(4)33;1-13(2)11(14-9-8-12)10-6-4-3-5-7-10/h;3-9H,1-2H3/q-1;+1/b;9-8-. The van der Waals surface area contributed by atoms with Crippen molar-refractivity contribution in [3.05, 3.63) is 163 Å². The lowest BCUT2D eigenvalue weighted by atomic mass is 9.12. The molecule has 5 rings (SSSR count). The molecule has 0 heterocycles.